The number of unbranched alkanes of at least 4 members (excludes halogenated alkanes) is 11. The summed E-state index contributed by atoms with van der Waals surface area (Å²) in [6, 6.07) is 10.1. The number of hydrogen-bond acceptors (Lipinski definition) is 9. The summed E-state index contributed by atoms with van der Waals surface area (Å²) in [5.74, 6) is -5.68. The van der Waals surface area contributed by atoms with Crippen LogP contribution in [0.25, 0.3) is 0 Å². The second kappa shape index (κ2) is 31.5. The summed E-state index contributed by atoms with van der Waals surface area (Å²) in [5, 5.41) is 32.9. The van der Waals surface area contributed by atoms with Gasteiger partial charge in [-0.25, -0.2) is 4.79 Å². The van der Waals surface area contributed by atoms with E-state index in [9.17, 15) is 48.6 Å². The number of carboxylic acids is 1. The SMILES string of the molecule is CC(C)C[C@H](NC(=O)[C@@H](NC(=O)CCCCCCCCCCCCCCC(=O)N[C@@H](CC(N)=O)C(=O)N[C@@H](Cc1ccccc1)C(=O)O)[C@@H](C)O)C(=O)N[C@@H](Cc1ccc(Br)cc1)C(N)=O. The Balaban J connectivity index is 1.63. The molecule has 0 heterocycles. The van der Waals surface area contributed by atoms with Crippen LogP contribution in [0.1, 0.15) is 135 Å². The summed E-state index contributed by atoms with van der Waals surface area (Å²) in [6.45, 7) is 5.14. The quantitative estimate of drug-likeness (QED) is 0.0455. The van der Waals surface area contributed by atoms with Crippen LogP contribution in [-0.2, 0) is 51.2 Å². The second-order valence-corrected chi connectivity index (χ2v) is 18.3. The molecule has 0 saturated heterocycles. The molecule has 2 aromatic carbocycles. The fourth-order valence-corrected chi connectivity index (χ4v) is 7.57. The summed E-state index contributed by atoms with van der Waals surface area (Å²) in [6.07, 6.45) is 10.1. The Morgan fingerprint density at radius 1 is 0.545 bits per heavy atom. The zero-order valence-electron chi connectivity index (χ0n) is 38.7. The Hall–Kier alpha value is -5.36. The van der Waals surface area contributed by atoms with E-state index in [1.807, 2.05) is 26.0 Å². The number of amides is 7. The normalized spacial score (nSPS) is 13.8. The van der Waals surface area contributed by atoms with Gasteiger partial charge < -0.3 is 48.3 Å². The molecule has 0 aromatic heterocycles. The molecule has 2 aromatic rings. The largest absolute Gasteiger partial charge is 0.480 e. The van der Waals surface area contributed by atoms with Crippen molar-refractivity contribution in [3.63, 3.8) is 0 Å². The Morgan fingerprint density at radius 3 is 1.45 bits per heavy atom. The number of benzene rings is 2. The molecule has 0 aliphatic carbocycles. The van der Waals surface area contributed by atoms with Crippen molar-refractivity contribution in [2.45, 2.75) is 173 Å². The van der Waals surface area contributed by atoms with Crippen LogP contribution in [0.2, 0.25) is 0 Å². The molecule has 17 nitrogen and oxygen atoms in total. The van der Waals surface area contributed by atoms with Crippen molar-refractivity contribution < 1.29 is 48.6 Å². The highest BCUT2D eigenvalue weighted by Crippen LogP contribution is 2.15. The molecular weight excluding hydrogens is 914 g/mol. The van der Waals surface area contributed by atoms with Gasteiger partial charge >= 0.3 is 5.97 Å². The maximum atomic E-state index is 13.3. The number of aliphatic hydroxyl groups is 1. The van der Waals surface area contributed by atoms with E-state index in [1.165, 1.54) is 6.92 Å². The topological polar surface area (TPSA) is 289 Å². The molecule has 66 heavy (non-hydrogen) atoms. The summed E-state index contributed by atoms with van der Waals surface area (Å²) in [5.41, 5.74) is 12.4. The molecule has 0 spiro atoms. The Kier molecular flexibility index (Phi) is 27.1. The summed E-state index contributed by atoms with van der Waals surface area (Å²) < 4.78 is 0.858. The molecule has 0 bridgehead atoms. The van der Waals surface area contributed by atoms with Crippen molar-refractivity contribution in [1.29, 1.82) is 0 Å². The average molecular weight is 987 g/mol. The van der Waals surface area contributed by atoms with E-state index in [0.29, 0.717) is 18.4 Å². The Morgan fingerprint density at radius 2 is 0.985 bits per heavy atom. The second-order valence-electron chi connectivity index (χ2n) is 17.4. The molecule has 0 radical (unpaired) electrons. The number of nitrogens with one attached hydrogen (secondary N) is 5. The van der Waals surface area contributed by atoms with Crippen molar-refractivity contribution in [2.24, 2.45) is 17.4 Å². The average Bonchev–Trinajstić information content (AvgIpc) is 3.25. The number of carbonyl (C=O) groups excluding carboxylic acids is 7. The van der Waals surface area contributed by atoms with Crippen LogP contribution in [0.3, 0.4) is 0 Å². The molecule has 0 aliphatic heterocycles. The Bertz CT molecular complexity index is 1850. The summed E-state index contributed by atoms with van der Waals surface area (Å²) in [4.78, 5) is 101. The predicted molar refractivity (Wildman–Crippen MR) is 254 cm³/mol. The summed E-state index contributed by atoms with van der Waals surface area (Å²) >= 11 is 3.37. The molecule has 366 valence electrons. The van der Waals surface area contributed by atoms with Gasteiger partial charge in [0.25, 0.3) is 0 Å². The van der Waals surface area contributed by atoms with Gasteiger partial charge in [0.15, 0.2) is 0 Å². The fourth-order valence-electron chi connectivity index (χ4n) is 7.30. The van der Waals surface area contributed by atoms with Crippen LogP contribution in [-0.4, -0.2) is 93.8 Å². The van der Waals surface area contributed by atoms with Gasteiger partial charge in [-0.3, -0.25) is 33.6 Å². The molecule has 0 saturated carbocycles. The van der Waals surface area contributed by atoms with E-state index < -0.39 is 84.1 Å². The van der Waals surface area contributed by atoms with Gasteiger partial charge in [-0.2, -0.15) is 0 Å². The first kappa shape index (κ1) is 56.8. The number of primary amides is 2. The first-order chi connectivity index (χ1) is 31.4. The lowest BCUT2D eigenvalue weighted by Gasteiger charge is -2.27. The van der Waals surface area contributed by atoms with E-state index in [1.54, 1.807) is 42.5 Å². The third kappa shape index (κ3) is 24.2. The van der Waals surface area contributed by atoms with Gasteiger partial charge in [0, 0.05) is 30.2 Å². The molecule has 0 fully saturated rings. The smallest absolute Gasteiger partial charge is 0.326 e. The molecular formula is C48H72BrN7O10. The number of rotatable bonds is 34. The van der Waals surface area contributed by atoms with Gasteiger partial charge in [0.1, 0.15) is 30.2 Å². The van der Waals surface area contributed by atoms with Crippen molar-refractivity contribution in [2.75, 3.05) is 0 Å². The fraction of sp³-hybridized carbons (Fsp3) is 0.583. The highest BCUT2D eigenvalue weighted by Gasteiger charge is 2.32. The van der Waals surface area contributed by atoms with E-state index in [2.05, 4.69) is 42.5 Å². The van der Waals surface area contributed by atoms with Gasteiger partial charge in [0.2, 0.25) is 41.4 Å². The lowest BCUT2D eigenvalue weighted by Crippen LogP contribution is -2.59. The third-order valence-electron chi connectivity index (χ3n) is 10.9. The molecule has 0 unspecified atom stereocenters. The van der Waals surface area contributed by atoms with Crippen LogP contribution < -0.4 is 38.1 Å². The number of aliphatic carboxylic acids is 1. The van der Waals surface area contributed by atoms with Gasteiger partial charge in [-0.1, -0.05) is 136 Å². The first-order valence-corrected chi connectivity index (χ1v) is 23.9. The zero-order valence-corrected chi connectivity index (χ0v) is 40.2. The van der Waals surface area contributed by atoms with Crippen LogP contribution >= 0.6 is 15.9 Å². The van der Waals surface area contributed by atoms with E-state index in [4.69, 9.17) is 11.5 Å². The third-order valence-corrected chi connectivity index (χ3v) is 11.5. The monoisotopic (exact) mass is 985 g/mol. The molecule has 6 atom stereocenters. The number of carboxylic acid groups (broad SMARTS) is 1. The number of aliphatic hydroxyl groups excluding tert-OH is 1. The molecule has 7 amide bonds. The molecule has 18 heteroatoms. The highest BCUT2D eigenvalue weighted by atomic mass is 79.9. The van der Waals surface area contributed by atoms with E-state index >= 15 is 0 Å². The number of hydrogen-bond donors (Lipinski definition) is 9. The van der Waals surface area contributed by atoms with Crippen LogP contribution in [0, 0.1) is 5.92 Å². The number of halogens is 1. The minimum Gasteiger partial charge on any atom is -0.480 e. The molecule has 2 rings (SSSR count). The van der Waals surface area contributed by atoms with Crippen molar-refractivity contribution in [3.8, 4) is 0 Å². The minimum absolute atomic E-state index is 0.0114. The van der Waals surface area contributed by atoms with Crippen LogP contribution in [0.4, 0.5) is 0 Å². The van der Waals surface area contributed by atoms with Crippen LogP contribution in [0.5, 0.6) is 0 Å². The van der Waals surface area contributed by atoms with E-state index in [-0.39, 0.29) is 43.9 Å². The molecule has 11 N–H and O–H groups in total. The highest BCUT2D eigenvalue weighted by molar-refractivity contribution is 9.10. The standard InChI is InChI=1S/C48H72BrN7O10/c1-31(2)27-37(45(62)53-36(44(51)61)28-34-23-25-35(49)26-24-34)54-47(64)43(32(3)57)56-42(60)22-18-13-11-9-7-5-4-6-8-10-12-17-21-41(59)52-38(30-40(50)58)46(63)55-39(48(65)66)29-33-19-15-14-16-20-33/h14-16,19-20,23-26,31-32,36-39,43,57H,4-13,17-18,21-22,27-30H2,1-3H3,(H2,50,58)(H2,51,61)(H,52,59)(H,53,62)(H,54,64)(H,55,63)(H,56,60)(H,65,66)/t32-,36+,37+,38+,39+,43+/m1/s1. The predicted octanol–water partition coefficient (Wildman–Crippen LogP) is 3.99. The lowest BCUT2D eigenvalue weighted by molar-refractivity contribution is -0.142. The first-order valence-electron chi connectivity index (χ1n) is 23.1. The van der Waals surface area contributed by atoms with Gasteiger partial charge in [-0.05, 0) is 55.4 Å². The lowest BCUT2D eigenvalue weighted by atomic mass is 10.0. The number of nitrogens with two attached hydrogens (primary N) is 2. The van der Waals surface area contributed by atoms with E-state index in [0.717, 1.165) is 74.2 Å². The maximum absolute atomic E-state index is 13.3. The molecule has 0 aliphatic rings. The minimum atomic E-state index is -1.28. The van der Waals surface area contributed by atoms with Crippen molar-refractivity contribution >= 4 is 63.2 Å². The summed E-state index contributed by atoms with van der Waals surface area (Å²) in [7, 11) is 0. The number of carbonyl (C=O) groups is 8. The van der Waals surface area contributed by atoms with Crippen molar-refractivity contribution in [3.05, 3.63) is 70.2 Å². The van der Waals surface area contributed by atoms with Gasteiger partial charge in [-0.15, -0.1) is 0 Å². The Labute approximate surface area is 397 Å². The zero-order chi connectivity index (χ0) is 49.0. The maximum Gasteiger partial charge on any atom is 0.326 e. The van der Waals surface area contributed by atoms with Gasteiger partial charge in [0.05, 0.1) is 12.5 Å². The van der Waals surface area contributed by atoms with Crippen molar-refractivity contribution in [1.82, 2.24) is 26.6 Å². The van der Waals surface area contributed by atoms with Crippen LogP contribution in [0.15, 0.2) is 59.1 Å².